The van der Waals surface area contributed by atoms with Gasteiger partial charge in [-0.25, -0.2) is 0 Å². The minimum Gasteiger partial charge on any atom is -0.340 e. The maximum atomic E-state index is 13.0. The van der Waals surface area contributed by atoms with Crippen LogP contribution in [0.3, 0.4) is 0 Å². The van der Waals surface area contributed by atoms with Crippen LogP contribution in [0.15, 0.2) is 0 Å². The SMILES string of the molecule is CCCCC1C(=O)NC2(CCCCC2)C(=O)N1CCCC. The predicted octanol–water partition coefficient (Wildman–Crippen LogP) is 3.01. The number of amides is 2. The number of unbranched alkanes of at least 4 members (excludes halogenated alkanes) is 2. The van der Waals surface area contributed by atoms with Crippen LogP contribution in [0.25, 0.3) is 0 Å². The van der Waals surface area contributed by atoms with E-state index in [0.29, 0.717) is 0 Å². The quantitative estimate of drug-likeness (QED) is 0.818. The molecular formula is C17H30N2O2. The van der Waals surface area contributed by atoms with E-state index in [2.05, 4.69) is 19.2 Å². The Bertz CT molecular complexity index is 375. The van der Waals surface area contributed by atoms with Crippen LogP contribution in [0.5, 0.6) is 0 Å². The van der Waals surface area contributed by atoms with Gasteiger partial charge < -0.3 is 10.2 Å². The lowest BCUT2D eigenvalue weighted by Crippen LogP contribution is -2.70. The molecule has 120 valence electrons. The maximum Gasteiger partial charge on any atom is 0.249 e. The topological polar surface area (TPSA) is 49.4 Å². The van der Waals surface area contributed by atoms with Crippen LogP contribution in [0, 0.1) is 0 Å². The molecule has 1 heterocycles. The highest BCUT2D eigenvalue weighted by Gasteiger charge is 2.50. The fourth-order valence-electron chi connectivity index (χ4n) is 3.70. The maximum absolute atomic E-state index is 13.0. The van der Waals surface area contributed by atoms with E-state index in [1.54, 1.807) is 0 Å². The molecule has 2 fully saturated rings. The van der Waals surface area contributed by atoms with Crippen molar-refractivity contribution in [2.24, 2.45) is 0 Å². The van der Waals surface area contributed by atoms with E-state index in [1.807, 2.05) is 4.90 Å². The number of nitrogens with zero attached hydrogens (tertiary/aromatic N) is 1. The Hall–Kier alpha value is -1.06. The number of nitrogens with one attached hydrogen (secondary N) is 1. The van der Waals surface area contributed by atoms with Crippen molar-refractivity contribution in [1.82, 2.24) is 10.2 Å². The molecule has 21 heavy (non-hydrogen) atoms. The van der Waals surface area contributed by atoms with Crippen molar-refractivity contribution in [3.63, 3.8) is 0 Å². The smallest absolute Gasteiger partial charge is 0.249 e. The first-order valence-corrected chi connectivity index (χ1v) is 8.77. The van der Waals surface area contributed by atoms with Gasteiger partial charge in [0.15, 0.2) is 0 Å². The normalized spacial score (nSPS) is 25.2. The molecule has 1 unspecified atom stereocenters. The molecule has 2 aliphatic rings. The second-order valence-corrected chi connectivity index (χ2v) is 6.64. The Kier molecular flexibility index (Phi) is 5.65. The van der Waals surface area contributed by atoms with Gasteiger partial charge in [-0.1, -0.05) is 52.4 Å². The van der Waals surface area contributed by atoms with Crippen LogP contribution in [0.4, 0.5) is 0 Å². The van der Waals surface area contributed by atoms with Crippen molar-refractivity contribution in [1.29, 1.82) is 0 Å². The zero-order valence-electron chi connectivity index (χ0n) is 13.6. The standard InChI is InChI=1S/C17H30N2O2/c1-3-5-10-14-15(20)18-17(11-8-7-9-12-17)16(21)19(14)13-6-4-2/h14H,3-13H2,1-2H3,(H,18,20). The molecule has 1 atom stereocenters. The molecule has 4 nitrogen and oxygen atoms in total. The highest BCUT2D eigenvalue weighted by atomic mass is 16.2. The second-order valence-electron chi connectivity index (χ2n) is 6.64. The molecule has 1 saturated heterocycles. The third-order valence-corrected chi connectivity index (χ3v) is 5.00. The van der Waals surface area contributed by atoms with Gasteiger partial charge in [-0.05, 0) is 25.7 Å². The van der Waals surface area contributed by atoms with E-state index in [1.165, 1.54) is 6.42 Å². The Labute approximate surface area is 128 Å². The summed E-state index contributed by atoms with van der Waals surface area (Å²) in [4.78, 5) is 27.5. The molecule has 1 spiro atoms. The first-order chi connectivity index (χ1) is 10.1. The summed E-state index contributed by atoms with van der Waals surface area (Å²) in [5.74, 6) is 0.275. The second kappa shape index (κ2) is 7.28. The van der Waals surface area contributed by atoms with Crippen molar-refractivity contribution in [2.75, 3.05) is 6.54 Å². The first kappa shape index (κ1) is 16.3. The predicted molar refractivity (Wildman–Crippen MR) is 83.9 cm³/mol. The average molecular weight is 294 g/mol. The lowest BCUT2D eigenvalue weighted by Gasteiger charge is -2.47. The van der Waals surface area contributed by atoms with E-state index in [-0.39, 0.29) is 17.9 Å². The summed E-state index contributed by atoms with van der Waals surface area (Å²) < 4.78 is 0. The van der Waals surface area contributed by atoms with Gasteiger partial charge in [0.25, 0.3) is 0 Å². The molecule has 2 amide bonds. The van der Waals surface area contributed by atoms with Crippen molar-refractivity contribution in [3.05, 3.63) is 0 Å². The van der Waals surface area contributed by atoms with Gasteiger partial charge in [-0.15, -0.1) is 0 Å². The van der Waals surface area contributed by atoms with Crippen LogP contribution in [-0.2, 0) is 9.59 Å². The molecule has 0 bridgehead atoms. The molecule has 2 rings (SSSR count). The number of piperazine rings is 1. The molecule has 0 aromatic carbocycles. The van der Waals surface area contributed by atoms with Crippen molar-refractivity contribution in [3.8, 4) is 0 Å². The third-order valence-electron chi connectivity index (χ3n) is 5.00. The molecule has 1 saturated carbocycles. The zero-order chi connectivity index (χ0) is 15.3. The summed E-state index contributed by atoms with van der Waals surface area (Å²) >= 11 is 0. The lowest BCUT2D eigenvalue weighted by atomic mass is 9.78. The molecule has 0 radical (unpaired) electrons. The van der Waals surface area contributed by atoms with Crippen molar-refractivity contribution < 1.29 is 9.59 Å². The summed E-state index contributed by atoms with van der Waals surface area (Å²) in [6.07, 6.45) is 9.82. The lowest BCUT2D eigenvalue weighted by molar-refractivity contribution is -0.157. The van der Waals surface area contributed by atoms with E-state index < -0.39 is 5.54 Å². The number of hydrogen-bond donors (Lipinski definition) is 1. The van der Waals surface area contributed by atoms with Crippen molar-refractivity contribution in [2.45, 2.75) is 89.6 Å². The minimum atomic E-state index is -0.578. The van der Waals surface area contributed by atoms with Crippen LogP contribution >= 0.6 is 0 Å². The molecule has 0 aromatic rings. The zero-order valence-corrected chi connectivity index (χ0v) is 13.6. The van der Waals surface area contributed by atoms with E-state index in [9.17, 15) is 9.59 Å². The summed E-state index contributed by atoms with van der Waals surface area (Å²) in [5, 5.41) is 3.12. The highest BCUT2D eigenvalue weighted by molar-refractivity contribution is 5.99. The Morgan fingerprint density at radius 1 is 1.10 bits per heavy atom. The molecule has 1 aliphatic heterocycles. The fourth-order valence-corrected chi connectivity index (χ4v) is 3.70. The van der Waals surface area contributed by atoms with E-state index in [4.69, 9.17) is 0 Å². The van der Waals surface area contributed by atoms with Gasteiger partial charge in [0, 0.05) is 6.54 Å². The van der Waals surface area contributed by atoms with Gasteiger partial charge in [-0.2, -0.15) is 0 Å². The summed E-state index contributed by atoms with van der Waals surface area (Å²) in [7, 11) is 0. The number of carbonyl (C=O) groups excluding carboxylic acids is 2. The van der Waals surface area contributed by atoms with Crippen LogP contribution in [0.2, 0.25) is 0 Å². The number of carbonyl (C=O) groups is 2. The largest absolute Gasteiger partial charge is 0.340 e. The first-order valence-electron chi connectivity index (χ1n) is 8.77. The van der Waals surface area contributed by atoms with Gasteiger partial charge in [-0.3, -0.25) is 9.59 Å². The molecule has 1 aliphatic carbocycles. The van der Waals surface area contributed by atoms with Gasteiger partial charge in [0.05, 0.1) is 0 Å². The number of rotatable bonds is 6. The molecule has 1 N–H and O–H groups in total. The van der Waals surface area contributed by atoms with Gasteiger partial charge >= 0.3 is 0 Å². The third kappa shape index (κ3) is 3.41. The molecule has 0 aromatic heterocycles. The van der Waals surface area contributed by atoms with Crippen LogP contribution in [-0.4, -0.2) is 34.8 Å². The van der Waals surface area contributed by atoms with Crippen LogP contribution < -0.4 is 5.32 Å². The summed E-state index contributed by atoms with van der Waals surface area (Å²) in [5.41, 5.74) is -0.578. The Balaban J connectivity index is 2.17. The Morgan fingerprint density at radius 3 is 2.38 bits per heavy atom. The fraction of sp³-hybridized carbons (Fsp3) is 0.882. The monoisotopic (exact) mass is 294 g/mol. The Morgan fingerprint density at radius 2 is 1.76 bits per heavy atom. The van der Waals surface area contributed by atoms with E-state index in [0.717, 1.165) is 64.3 Å². The highest BCUT2D eigenvalue weighted by Crippen LogP contribution is 2.34. The molecule has 4 heteroatoms. The van der Waals surface area contributed by atoms with Crippen LogP contribution in [0.1, 0.15) is 78.1 Å². The van der Waals surface area contributed by atoms with Gasteiger partial charge in [0.2, 0.25) is 11.8 Å². The van der Waals surface area contributed by atoms with Gasteiger partial charge in [0.1, 0.15) is 11.6 Å². The summed E-state index contributed by atoms with van der Waals surface area (Å²) in [6.45, 7) is 4.99. The summed E-state index contributed by atoms with van der Waals surface area (Å²) in [6, 6.07) is -0.239. The van der Waals surface area contributed by atoms with Crippen molar-refractivity contribution >= 4 is 11.8 Å². The number of hydrogen-bond acceptors (Lipinski definition) is 2. The minimum absolute atomic E-state index is 0.0843. The van der Waals surface area contributed by atoms with E-state index >= 15 is 0 Å². The average Bonchev–Trinajstić information content (AvgIpc) is 2.49. The molecular weight excluding hydrogens is 264 g/mol.